The van der Waals surface area contributed by atoms with E-state index in [1.807, 2.05) is 0 Å². The molecule has 9 aromatic carbocycles. The molecule has 9 rings (SSSR count). The van der Waals surface area contributed by atoms with Gasteiger partial charge in [-0.1, -0.05) is 170 Å². The lowest BCUT2D eigenvalue weighted by molar-refractivity contribution is 1.62. The van der Waals surface area contributed by atoms with Gasteiger partial charge in [0.1, 0.15) is 0 Å². The lowest BCUT2D eigenvalue weighted by Crippen LogP contribution is -1.95. The summed E-state index contributed by atoms with van der Waals surface area (Å²) in [5.41, 5.74) is 9.95. The Hall–Kier alpha value is -5.98. The molecular weight excluding hydrogens is 553 g/mol. The Kier molecular flexibility index (Phi) is 6.25. The first-order chi connectivity index (χ1) is 22.8. The van der Waals surface area contributed by atoms with Crippen LogP contribution in [0.25, 0.3) is 87.6 Å². The van der Waals surface area contributed by atoms with E-state index in [-0.39, 0.29) is 0 Å². The molecule has 9 aromatic rings. The van der Waals surface area contributed by atoms with Crippen molar-refractivity contribution in [1.29, 1.82) is 0 Å². The Morgan fingerprint density at radius 1 is 0.239 bits per heavy atom. The Morgan fingerprint density at radius 2 is 0.826 bits per heavy atom. The van der Waals surface area contributed by atoms with Crippen molar-refractivity contribution in [1.82, 2.24) is 0 Å². The van der Waals surface area contributed by atoms with Crippen molar-refractivity contribution < 1.29 is 0 Å². The Balaban J connectivity index is 1.53. The molecule has 0 fully saturated rings. The van der Waals surface area contributed by atoms with Crippen molar-refractivity contribution in [2.45, 2.75) is 0 Å². The highest BCUT2D eigenvalue weighted by Gasteiger charge is 2.22. The van der Waals surface area contributed by atoms with Crippen molar-refractivity contribution in [2.75, 3.05) is 0 Å². The average molecular weight is 583 g/mol. The lowest BCUT2D eigenvalue weighted by atomic mass is 9.81. The first-order valence-corrected chi connectivity index (χ1v) is 15.9. The molecule has 0 radical (unpaired) electrons. The molecule has 0 nitrogen and oxygen atoms in total. The third-order valence-electron chi connectivity index (χ3n) is 9.43. The number of hydrogen-bond donors (Lipinski definition) is 0. The minimum Gasteiger partial charge on any atom is -0.0622 e. The highest BCUT2D eigenvalue weighted by Crippen LogP contribution is 2.49. The highest BCUT2D eigenvalue weighted by atomic mass is 14.2. The van der Waals surface area contributed by atoms with Crippen molar-refractivity contribution in [3.63, 3.8) is 0 Å². The van der Waals surface area contributed by atoms with E-state index in [2.05, 4.69) is 182 Å². The van der Waals surface area contributed by atoms with Gasteiger partial charge in [0.2, 0.25) is 0 Å². The van der Waals surface area contributed by atoms with Gasteiger partial charge in [-0.25, -0.2) is 0 Å². The van der Waals surface area contributed by atoms with Crippen LogP contribution in [0.2, 0.25) is 0 Å². The zero-order valence-corrected chi connectivity index (χ0v) is 25.3. The van der Waals surface area contributed by atoms with Gasteiger partial charge in [0, 0.05) is 0 Å². The molecule has 0 spiro atoms. The third-order valence-corrected chi connectivity index (χ3v) is 9.43. The summed E-state index contributed by atoms with van der Waals surface area (Å²) < 4.78 is 0. The molecule has 0 aliphatic heterocycles. The van der Waals surface area contributed by atoms with E-state index in [1.54, 1.807) is 0 Å². The molecule has 46 heavy (non-hydrogen) atoms. The van der Waals surface area contributed by atoms with E-state index in [4.69, 9.17) is 0 Å². The van der Waals surface area contributed by atoms with Gasteiger partial charge >= 0.3 is 0 Å². The molecule has 0 atom stereocenters. The van der Waals surface area contributed by atoms with Crippen LogP contribution >= 0.6 is 0 Å². The Labute approximate surface area is 268 Å². The summed E-state index contributed by atoms with van der Waals surface area (Å²) in [7, 11) is 0. The standard InChI is InChI=1S/C46H30/c1-4-15-31(16-5-1)34-27-28-40-43(29-34)45(42-30-35-21-10-11-22-36(35)38-23-12-13-24-39(38)42)41-26-14-25-37(32-17-6-2-7-18-32)46(41)44(40)33-19-8-3-9-20-33/h1-30H. The zero-order valence-electron chi connectivity index (χ0n) is 25.3. The quantitative estimate of drug-likeness (QED) is 0.143. The molecule has 0 saturated heterocycles. The fraction of sp³-hybridized carbons (Fsp3) is 0. The maximum absolute atomic E-state index is 2.42. The highest BCUT2D eigenvalue weighted by molar-refractivity contribution is 6.28. The third kappa shape index (κ3) is 4.23. The van der Waals surface area contributed by atoms with Crippen LogP contribution in [-0.4, -0.2) is 0 Å². The Morgan fingerprint density at radius 3 is 1.57 bits per heavy atom. The first-order valence-electron chi connectivity index (χ1n) is 15.9. The lowest BCUT2D eigenvalue weighted by Gasteiger charge is -2.22. The minimum atomic E-state index is 1.22. The van der Waals surface area contributed by atoms with E-state index < -0.39 is 0 Å². The van der Waals surface area contributed by atoms with Gasteiger partial charge in [0.25, 0.3) is 0 Å². The van der Waals surface area contributed by atoms with Crippen LogP contribution < -0.4 is 0 Å². The van der Waals surface area contributed by atoms with E-state index in [0.29, 0.717) is 0 Å². The second kappa shape index (κ2) is 10.9. The summed E-state index contributed by atoms with van der Waals surface area (Å²) >= 11 is 0. The van der Waals surface area contributed by atoms with E-state index >= 15 is 0 Å². The average Bonchev–Trinajstić information content (AvgIpc) is 3.14. The molecule has 0 heteroatoms. The molecular formula is C46H30. The van der Waals surface area contributed by atoms with Crippen LogP contribution in [0.3, 0.4) is 0 Å². The molecule has 0 bridgehead atoms. The van der Waals surface area contributed by atoms with Crippen LogP contribution in [0.4, 0.5) is 0 Å². The molecule has 0 N–H and O–H groups in total. The van der Waals surface area contributed by atoms with E-state index in [0.717, 1.165) is 0 Å². The SMILES string of the molecule is c1ccc(-c2ccc3c(-c4ccccc4)c4c(-c5ccccc5)cccc4c(-c4cc5ccccc5c5ccccc45)c3c2)cc1. The van der Waals surface area contributed by atoms with Gasteiger partial charge in [-0.2, -0.15) is 0 Å². The van der Waals surface area contributed by atoms with Crippen molar-refractivity contribution >= 4 is 43.1 Å². The fourth-order valence-corrected chi connectivity index (χ4v) is 7.40. The molecule has 0 unspecified atom stereocenters. The van der Waals surface area contributed by atoms with Crippen LogP contribution in [0.1, 0.15) is 0 Å². The van der Waals surface area contributed by atoms with Crippen molar-refractivity contribution in [3.8, 4) is 44.5 Å². The predicted molar refractivity (Wildman–Crippen MR) is 198 cm³/mol. The van der Waals surface area contributed by atoms with Gasteiger partial charge in [0.15, 0.2) is 0 Å². The van der Waals surface area contributed by atoms with Crippen molar-refractivity contribution in [2.24, 2.45) is 0 Å². The molecule has 0 amide bonds. The fourth-order valence-electron chi connectivity index (χ4n) is 7.40. The summed E-state index contributed by atoms with van der Waals surface area (Å²) in [6, 6.07) is 66.6. The number of rotatable bonds is 4. The summed E-state index contributed by atoms with van der Waals surface area (Å²) in [5.74, 6) is 0. The van der Waals surface area contributed by atoms with Gasteiger partial charge < -0.3 is 0 Å². The molecule has 0 heterocycles. The van der Waals surface area contributed by atoms with Crippen molar-refractivity contribution in [3.05, 3.63) is 182 Å². The summed E-state index contributed by atoms with van der Waals surface area (Å²) in [5, 5.41) is 10.2. The monoisotopic (exact) mass is 582 g/mol. The van der Waals surface area contributed by atoms with Gasteiger partial charge in [0.05, 0.1) is 0 Å². The predicted octanol–water partition coefficient (Wildman–Crippen LogP) is 13.0. The van der Waals surface area contributed by atoms with E-state index in [9.17, 15) is 0 Å². The second-order valence-corrected chi connectivity index (χ2v) is 12.0. The van der Waals surface area contributed by atoms with Gasteiger partial charge in [-0.15, -0.1) is 0 Å². The molecule has 0 saturated carbocycles. The normalized spacial score (nSPS) is 11.5. The molecule has 214 valence electrons. The Bertz CT molecular complexity index is 2540. The maximum atomic E-state index is 2.42. The summed E-state index contributed by atoms with van der Waals surface area (Å²) in [6.45, 7) is 0. The van der Waals surface area contributed by atoms with Crippen LogP contribution in [0.15, 0.2) is 182 Å². The zero-order chi connectivity index (χ0) is 30.5. The molecule has 0 aliphatic rings. The number of hydrogen-bond acceptors (Lipinski definition) is 0. The minimum absolute atomic E-state index is 1.22. The van der Waals surface area contributed by atoms with Gasteiger partial charge in [-0.05, 0) is 99.7 Å². The summed E-state index contributed by atoms with van der Waals surface area (Å²) in [6.07, 6.45) is 0. The number of fused-ring (bicyclic) bond motifs is 5. The van der Waals surface area contributed by atoms with Crippen LogP contribution in [0.5, 0.6) is 0 Å². The van der Waals surface area contributed by atoms with E-state index in [1.165, 1.54) is 87.6 Å². The number of benzene rings is 9. The first kappa shape index (κ1) is 26.4. The maximum Gasteiger partial charge on any atom is -0.00141 e. The van der Waals surface area contributed by atoms with Gasteiger partial charge in [-0.3, -0.25) is 0 Å². The molecule has 0 aliphatic carbocycles. The second-order valence-electron chi connectivity index (χ2n) is 12.0. The topological polar surface area (TPSA) is 0 Å². The smallest absolute Gasteiger partial charge is 0.00141 e. The van der Waals surface area contributed by atoms with Crippen LogP contribution in [0, 0.1) is 0 Å². The summed E-state index contributed by atoms with van der Waals surface area (Å²) in [4.78, 5) is 0. The van der Waals surface area contributed by atoms with Crippen LogP contribution in [-0.2, 0) is 0 Å². The largest absolute Gasteiger partial charge is 0.0622 e. The molecule has 0 aromatic heterocycles.